The number of carbonyl (C=O) groups excluding carboxylic acids is 1. The molecule has 7 heteroatoms. The minimum atomic E-state index is -0.613. The van der Waals surface area contributed by atoms with E-state index in [1.807, 2.05) is 24.5 Å². The first-order valence-corrected chi connectivity index (χ1v) is 8.40. The van der Waals surface area contributed by atoms with Crippen LogP contribution >= 0.6 is 11.3 Å². The molecule has 0 bridgehead atoms. The Hall–Kier alpha value is -3.06. The molecule has 3 N–H and O–H groups in total. The Morgan fingerprint density at radius 2 is 2.00 bits per heavy atom. The van der Waals surface area contributed by atoms with Crippen molar-refractivity contribution in [2.75, 3.05) is 0 Å². The Balaban J connectivity index is 1.88. The summed E-state index contributed by atoms with van der Waals surface area (Å²) in [5, 5.41) is 9.07. The van der Waals surface area contributed by atoms with Crippen LogP contribution in [0.15, 0.2) is 48.8 Å². The van der Waals surface area contributed by atoms with Crippen molar-refractivity contribution in [1.29, 1.82) is 0 Å². The Morgan fingerprint density at radius 1 is 1.20 bits per heavy atom. The first kappa shape index (κ1) is 15.5. The molecule has 0 aliphatic carbocycles. The number of benzene rings is 1. The van der Waals surface area contributed by atoms with Crippen molar-refractivity contribution in [3.05, 3.63) is 71.6 Å². The van der Waals surface area contributed by atoms with Gasteiger partial charge < -0.3 is 10.7 Å². The summed E-state index contributed by atoms with van der Waals surface area (Å²) in [4.78, 5) is 15.6. The molecular weight excluding hydrogens is 339 g/mol. The van der Waals surface area contributed by atoms with Gasteiger partial charge in [0.25, 0.3) is 5.91 Å². The molecule has 25 heavy (non-hydrogen) atoms. The van der Waals surface area contributed by atoms with E-state index in [2.05, 4.69) is 15.2 Å². The molecule has 4 aromatic rings. The van der Waals surface area contributed by atoms with E-state index in [4.69, 9.17) is 5.73 Å². The van der Waals surface area contributed by atoms with Crippen molar-refractivity contribution in [2.45, 2.75) is 6.42 Å². The first-order valence-electron chi connectivity index (χ1n) is 7.58. The third-order valence-electron chi connectivity index (χ3n) is 3.92. The van der Waals surface area contributed by atoms with E-state index < -0.39 is 5.91 Å². The highest BCUT2D eigenvalue weighted by molar-refractivity contribution is 7.22. The van der Waals surface area contributed by atoms with Gasteiger partial charge in [-0.05, 0) is 35.4 Å². The summed E-state index contributed by atoms with van der Waals surface area (Å²) < 4.78 is 13.9. The summed E-state index contributed by atoms with van der Waals surface area (Å²) in [5.74, 6) is -0.905. The Labute approximate surface area is 146 Å². The Morgan fingerprint density at radius 3 is 2.68 bits per heavy atom. The van der Waals surface area contributed by atoms with Crippen LogP contribution in [-0.4, -0.2) is 21.1 Å². The number of thiophene rings is 1. The lowest BCUT2D eigenvalue weighted by Crippen LogP contribution is -2.14. The monoisotopic (exact) mass is 352 g/mol. The maximum Gasteiger partial charge on any atom is 0.270 e. The highest BCUT2D eigenvalue weighted by atomic mass is 32.1. The summed E-state index contributed by atoms with van der Waals surface area (Å²) in [6.07, 6.45) is 4.32. The molecule has 3 aromatic heterocycles. The van der Waals surface area contributed by atoms with Gasteiger partial charge in [0.1, 0.15) is 5.82 Å². The van der Waals surface area contributed by atoms with Crippen molar-refractivity contribution in [3.8, 4) is 10.4 Å². The number of H-pyrrole nitrogens is 1. The predicted molar refractivity (Wildman–Crippen MR) is 94.9 cm³/mol. The molecule has 0 spiro atoms. The van der Waals surface area contributed by atoms with Gasteiger partial charge in [-0.1, -0.05) is 12.1 Å². The number of rotatable bonds is 4. The number of carbonyl (C=O) groups is 1. The van der Waals surface area contributed by atoms with Crippen molar-refractivity contribution in [1.82, 2.24) is 15.2 Å². The summed E-state index contributed by atoms with van der Waals surface area (Å²) in [5.41, 5.74) is 8.30. The molecule has 0 fully saturated rings. The first-order chi connectivity index (χ1) is 12.1. The number of hydrogen-bond acceptors (Lipinski definition) is 4. The standard InChI is InChI=1S/C18H13FN4OS/c19-12-3-1-11(2-4-12)15-8-13-14(7-10-5-6-21-9-10)22-23-16(18(20)24)17(13)25-15/h1-6,8-9,21H,7H2,(H2,20,24). The Bertz CT molecular complexity index is 1050. The zero-order valence-electron chi connectivity index (χ0n) is 13.0. The lowest BCUT2D eigenvalue weighted by atomic mass is 10.1. The third kappa shape index (κ3) is 2.89. The molecule has 0 unspecified atom stereocenters. The molecule has 0 aliphatic rings. The fraction of sp³-hybridized carbons (Fsp3) is 0.0556. The minimum Gasteiger partial charge on any atom is -0.367 e. The van der Waals surface area contributed by atoms with E-state index in [0.717, 1.165) is 27.1 Å². The predicted octanol–water partition coefficient (Wildman–Crippen LogP) is 3.52. The molecule has 5 nitrogen and oxygen atoms in total. The van der Waals surface area contributed by atoms with Crippen LogP contribution in [0.5, 0.6) is 0 Å². The van der Waals surface area contributed by atoms with Gasteiger partial charge in [-0.25, -0.2) is 4.39 Å². The quantitative estimate of drug-likeness (QED) is 0.589. The SMILES string of the molecule is NC(=O)c1nnc(Cc2cc[nH]c2)c2cc(-c3ccc(F)cc3)sc12. The highest BCUT2D eigenvalue weighted by Gasteiger charge is 2.18. The summed E-state index contributed by atoms with van der Waals surface area (Å²) in [6.45, 7) is 0. The number of amides is 1. The minimum absolute atomic E-state index is 0.159. The molecule has 4 rings (SSSR count). The van der Waals surface area contributed by atoms with E-state index >= 15 is 0 Å². The van der Waals surface area contributed by atoms with Gasteiger partial charge in [-0.15, -0.1) is 16.4 Å². The van der Waals surface area contributed by atoms with E-state index in [1.165, 1.54) is 23.5 Å². The number of nitrogens with zero attached hydrogens (tertiary/aromatic N) is 2. The zero-order valence-corrected chi connectivity index (χ0v) is 13.8. The van der Waals surface area contributed by atoms with Crippen LogP contribution in [0.25, 0.3) is 20.5 Å². The van der Waals surface area contributed by atoms with Gasteiger partial charge in [0.05, 0.1) is 10.4 Å². The summed E-state index contributed by atoms with van der Waals surface area (Å²) >= 11 is 1.40. The van der Waals surface area contributed by atoms with Crippen molar-refractivity contribution in [3.63, 3.8) is 0 Å². The maximum atomic E-state index is 13.2. The van der Waals surface area contributed by atoms with Gasteiger partial charge in [-0.2, -0.15) is 5.10 Å². The van der Waals surface area contributed by atoms with E-state index in [0.29, 0.717) is 11.1 Å². The topological polar surface area (TPSA) is 84.7 Å². The van der Waals surface area contributed by atoms with Gasteiger partial charge in [-0.3, -0.25) is 4.79 Å². The molecule has 3 heterocycles. The van der Waals surface area contributed by atoms with E-state index in [-0.39, 0.29) is 11.5 Å². The largest absolute Gasteiger partial charge is 0.367 e. The summed E-state index contributed by atoms with van der Waals surface area (Å²) in [7, 11) is 0. The second-order valence-corrected chi connectivity index (χ2v) is 6.67. The number of nitrogens with two attached hydrogens (primary N) is 1. The second kappa shape index (κ2) is 6.10. The Kier molecular flexibility index (Phi) is 3.77. The van der Waals surface area contributed by atoms with E-state index in [9.17, 15) is 9.18 Å². The van der Waals surface area contributed by atoms with Crippen LogP contribution in [0, 0.1) is 5.82 Å². The van der Waals surface area contributed by atoms with E-state index in [1.54, 1.807) is 12.1 Å². The van der Waals surface area contributed by atoms with Crippen LogP contribution in [0.3, 0.4) is 0 Å². The lowest BCUT2D eigenvalue weighted by molar-refractivity contribution is 0.0996. The molecule has 0 aliphatic heterocycles. The number of aromatic amines is 1. The number of halogens is 1. The smallest absolute Gasteiger partial charge is 0.270 e. The number of aromatic nitrogens is 3. The number of nitrogens with one attached hydrogen (secondary N) is 1. The van der Waals surface area contributed by atoms with Crippen LogP contribution in [0.1, 0.15) is 21.7 Å². The highest BCUT2D eigenvalue weighted by Crippen LogP contribution is 2.36. The molecule has 1 aromatic carbocycles. The number of hydrogen-bond donors (Lipinski definition) is 2. The van der Waals surface area contributed by atoms with Crippen LogP contribution in [0.2, 0.25) is 0 Å². The average Bonchev–Trinajstić information content (AvgIpc) is 3.25. The molecule has 124 valence electrons. The van der Waals surface area contributed by atoms with Crippen molar-refractivity contribution >= 4 is 27.3 Å². The zero-order chi connectivity index (χ0) is 17.4. The molecule has 0 saturated heterocycles. The summed E-state index contributed by atoms with van der Waals surface area (Å²) in [6, 6.07) is 10.1. The second-order valence-electron chi connectivity index (χ2n) is 5.62. The van der Waals surface area contributed by atoms with Gasteiger partial charge in [0.15, 0.2) is 5.69 Å². The van der Waals surface area contributed by atoms with Gasteiger partial charge in [0.2, 0.25) is 0 Å². The third-order valence-corrected chi connectivity index (χ3v) is 5.12. The van der Waals surface area contributed by atoms with Crippen molar-refractivity contribution in [2.24, 2.45) is 5.73 Å². The fourth-order valence-electron chi connectivity index (χ4n) is 2.70. The van der Waals surface area contributed by atoms with Gasteiger partial charge >= 0.3 is 0 Å². The molecule has 1 amide bonds. The van der Waals surface area contributed by atoms with Crippen LogP contribution in [0.4, 0.5) is 4.39 Å². The lowest BCUT2D eigenvalue weighted by Gasteiger charge is -2.02. The van der Waals surface area contributed by atoms with Gasteiger partial charge in [0, 0.05) is 29.1 Å². The molecule has 0 radical (unpaired) electrons. The molecule has 0 atom stereocenters. The number of primary amides is 1. The fourth-order valence-corrected chi connectivity index (χ4v) is 3.88. The molecular formula is C18H13FN4OS. The van der Waals surface area contributed by atoms with Crippen LogP contribution < -0.4 is 5.73 Å². The van der Waals surface area contributed by atoms with Crippen molar-refractivity contribution < 1.29 is 9.18 Å². The maximum absolute atomic E-state index is 13.2. The average molecular weight is 352 g/mol. The van der Waals surface area contributed by atoms with Crippen LogP contribution in [-0.2, 0) is 6.42 Å². The molecule has 0 saturated carbocycles. The number of fused-ring (bicyclic) bond motifs is 1. The normalized spacial score (nSPS) is 11.1.